The number of likely N-dealkylation sites (N-methyl/N-ethyl adjacent to an activating group) is 1. The smallest absolute Gasteiger partial charge is 0.410 e. The Kier molecular flexibility index (Phi) is 4.97. The molecule has 1 heterocycles. The van der Waals surface area contributed by atoms with Crippen LogP contribution in [0.4, 0.5) is 10.6 Å². The van der Waals surface area contributed by atoms with Gasteiger partial charge >= 0.3 is 6.09 Å². The van der Waals surface area contributed by atoms with E-state index >= 15 is 0 Å². The second-order valence-corrected chi connectivity index (χ2v) is 7.12. The molecule has 0 aliphatic heterocycles. The number of nitrogens with one attached hydrogen (secondary N) is 1. The van der Waals surface area contributed by atoms with Crippen molar-refractivity contribution in [3.05, 3.63) is 12.3 Å². The summed E-state index contributed by atoms with van der Waals surface area (Å²) < 4.78 is 7.06. The highest BCUT2D eigenvalue weighted by Gasteiger charge is 2.31. The summed E-state index contributed by atoms with van der Waals surface area (Å²) in [6.45, 7) is 7.40. The molecule has 0 aromatic carbocycles. The van der Waals surface area contributed by atoms with Crippen molar-refractivity contribution in [1.29, 1.82) is 0 Å². The number of carbonyl (C=O) groups excluding carboxylic acids is 2. The summed E-state index contributed by atoms with van der Waals surface area (Å²) in [6.07, 6.45) is 3.56. The van der Waals surface area contributed by atoms with Gasteiger partial charge in [-0.3, -0.25) is 4.79 Å². The number of anilines is 1. The molecule has 1 aromatic heterocycles. The molecule has 2 amide bonds. The lowest BCUT2D eigenvalue weighted by atomic mass is 10.2. The zero-order chi connectivity index (χ0) is 17.2. The first-order chi connectivity index (χ1) is 10.7. The van der Waals surface area contributed by atoms with Crippen LogP contribution in [0.15, 0.2) is 12.3 Å². The van der Waals surface area contributed by atoms with Crippen LogP contribution in [-0.2, 0) is 9.53 Å². The summed E-state index contributed by atoms with van der Waals surface area (Å²) in [7, 11) is 1.54. The minimum Gasteiger partial charge on any atom is -0.444 e. The number of nitrogens with zero attached hydrogens (tertiary/aromatic N) is 3. The minimum atomic E-state index is -0.583. The lowest BCUT2D eigenvalue weighted by Gasteiger charge is -2.24. The summed E-state index contributed by atoms with van der Waals surface area (Å²) in [5.41, 5.74) is -0.583. The van der Waals surface area contributed by atoms with Gasteiger partial charge in [-0.15, -0.1) is 0 Å². The second kappa shape index (κ2) is 6.60. The van der Waals surface area contributed by atoms with Crippen LogP contribution in [-0.4, -0.2) is 45.9 Å². The van der Waals surface area contributed by atoms with Crippen molar-refractivity contribution in [3.8, 4) is 0 Å². The minimum absolute atomic E-state index is 0.0715. The third-order valence-corrected chi connectivity index (χ3v) is 3.71. The van der Waals surface area contributed by atoms with Crippen LogP contribution >= 0.6 is 0 Å². The van der Waals surface area contributed by atoms with Crippen molar-refractivity contribution in [2.75, 3.05) is 18.9 Å². The maximum atomic E-state index is 12.1. The monoisotopic (exact) mass is 322 g/mol. The Balaban J connectivity index is 1.90. The van der Waals surface area contributed by atoms with Gasteiger partial charge < -0.3 is 15.0 Å². The van der Waals surface area contributed by atoms with Gasteiger partial charge in [0.2, 0.25) is 5.91 Å². The quantitative estimate of drug-likeness (QED) is 0.904. The molecule has 7 nitrogen and oxygen atoms in total. The van der Waals surface area contributed by atoms with E-state index < -0.39 is 11.7 Å². The van der Waals surface area contributed by atoms with Crippen molar-refractivity contribution in [1.82, 2.24) is 14.7 Å². The highest BCUT2D eigenvalue weighted by atomic mass is 16.6. The lowest BCUT2D eigenvalue weighted by Crippen LogP contribution is -2.39. The highest BCUT2D eigenvalue weighted by Crippen LogP contribution is 2.40. The predicted octanol–water partition coefficient (Wildman–Crippen LogP) is 2.66. The van der Waals surface area contributed by atoms with Gasteiger partial charge in [-0.25, -0.2) is 9.48 Å². The topological polar surface area (TPSA) is 76.5 Å². The predicted molar refractivity (Wildman–Crippen MR) is 87.2 cm³/mol. The van der Waals surface area contributed by atoms with Crippen LogP contribution in [0.1, 0.15) is 46.6 Å². The Morgan fingerprint density at radius 3 is 2.70 bits per heavy atom. The maximum Gasteiger partial charge on any atom is 0.410 e. The van der Waals surface area contributed by atoms with Gasteiger partial charge in [0.15, 0.2) is 0 Å². The molecule has 1 aromatic rings. The van der Waals surface area contributed by atoms with Crippen LogP contribution in [0.5, 0.6) is 0 Å². The molecule has 1 aliphatic rings. The Labute approximate surface area is 137 Å². The molecule has 1 fully saturated rings. The molecule has 0 unspecified atom stereocenters. The third-order valence-electron chi connectivity index (χ3n) is 3.71. The van der Waals surface area contributed by atoms with Gasteiger partial charge in [-0.05, 0) is 46.5 Å². The lowest BCUT2D eigenvalue weighted by molar-refractivity contribution is -0.117. The number of amides is 2. The summed E-state index contributed by atoms with van der Waals surface area (Å²) in [5.74, 6) is 1.02. The first-order valence-electron chi connectivity index (χ1n) is 7.95. The first kappa shape index (κ1) is 17.3. The maximum absolute atomic E-state index is 12.1. The zero-order valence-corrected chi connectivity index (χ0v) is 14.5. The van der Waals surface area contributed by atoms with Crippen molar-refractivity contribution < 1.29 is 14.3 Å². The summed E-state index contributed by atoms with van der Waals surface area (Å²) >= 11 is 0. The normalized spacial score (nSPS) is 15.9. The molecule has 1 atom stereocenters. The van der Waals surface area contributed by atoms with E-state index in [1.165, 1.54) is 24.8 Å². The second-order valence-electron chi connectivity index (χ2n) is 7.12. The van der Waals surface area contributed by atoms with Gasteiger partial charge in [-0.1, -0.05) is 0 Å². The van der Waals surface area contributed by atoms with Gasteiger partial charge in [0.05, 0.1) is 12.2 Å². The van der Waals surface area contributed by atoms with Gasteiger partial charge in [0.25, 0.3) is 0 Å². The zero-order valence-electron chi connectivity index (χ0n) is 14.5. The Morgan fingerprint density at radius 2 is 2.13 bits per heavy atom. The Morgan fingerprint density at radius 1 is 1.48 bits per heavy atom. The van der Waals surface area contributed by atoms with Crippen LogP contribution in [0, 0.1) is 5.92 Å². The van der Waals surface area contributed by atoms with E-state index in [9.17, 15) is 9.59 Å². The number of aromatic nitrogens is 2. The van der Waals surface area contributed by atoms with Gasteiger partial charge in [0, 0.05) is 13.1 Å². The van der Waals surface area contributed by atoms with Crippen LogP contribution in [0.25, 0.3) is 0 Å². The number of ether oxygens (including phenoxy) is 1. The molecule has 0 bridgehead atoms. The third kappa shape index (κ3) is 4.97. The molecule has 2 rings (SSSR count). The Bertz CT molecular complexity index is 572. The number of hydrogen-bond donors (Lipinski definition) is 1. The molecule has 1 saturated carbocycles. The van der Waals surface area contributed by atoms with E-state index in [2.05, 4.69) is 17.3 Å². The average molecular weight is 322 g/mol. The van der Waals surface area contributed by atoms with Crippen molar-refractivity contribution in [3.63, 3.8) is 0 Å². The van der Waals surface area contributed by atoms with Gasteiger partial charge in [-0.2, -0.15) is 5.10 Å². The summed E-state index contributed by atoms with van der Waals surface area (Å²) in [5, 5.41) is 7.10. The van der Waals surface area contributed by atoms with E-state index in [0.29, 0.717) is 11.7 Å². The van der Waals surface area contributed by atoms with Crippen LogP contribution < -0.4 is 5.32 Å². The van der Waals surface area contributed by atoms with E-state index in [0.717, 1.165) is 0 Å². The standard InChI is InChI=1S/C16H26N4O3/c1-11(12-6-7-12)20-13(8-9-17-20)18-14(21)10-19(5)15(22)23-16(2,3)4/h8-9,11-12H,6-7,10H2,1-5H3,(H,18,21)/t11-/m0/s1. The van der Waals surface area contributed by atoms with Gasteiger partial charge in [0.1, 0.15) is 18.0 Å². The fourth-order valence-corrected chi connectivity index (χ4v) is 2.32. The Hall–Kier alpha value is -2.05. The molecular formula is C16H26N4O3. The van der Waals surface area contributed by atoms with E-state index in [-0.39, 0.29) is 18.5 Å². The molecule has 0 saturated heterocycles. The van der Waals surface area contributed by atoms with E-state index in [1.807, 2.05) is 4.68 Å². The highest BCUT2D eigenvalue weighted by molar-refractivity contribution is 5.93. The van der Waals surface area contributed by atoms with E-state index in [1.54, 1.807) is 33.0 Å². The number of rotatable bonds is 5. The first-order valence-corrected chi connectivity index (χ1v) is 7.95. The van der Waals surface area contributed by atoms with Crippen molar-refractivity contribution in [2.24, 2.45) is 5.92 Å². The largest absolute Gasteiger partial charge is 0.444 e. The summed E-state index contributed by atoms with van der Waals surface area (Å²) in [6, 6.07) is 2.04. The number of carbonyl (C=O) groups is 2. The average Bonchev–Trinajstić information content (AvgIpc) is 3.16. The number of hydrogen-bond acceptors (Lipinski definition) is 4. The van der Waals surface area contributed by atoms with Crippen molar-refractivity contribution >= 4 is 17.8 Å². The molecule has 7 heteroatoms. The fraction of sp³-hybridized carbons (Fsp3) is 0.688. The molecule has 0 radical (unpaired) electrons. The molecule has 1 aliphatic carbocycles. The fourth-order valence-electron chi connectivity index (χ4n) is 2.32. The summed E-state index contributed by atoms with van der Waals surface area (Å²) in [4.78, 5) is 25.3. The van der Waals surface area contributed by atoms with Crippen LogP contribution in [0.2, 0.25) is 0 Å². The van der Waals surface area contributed by atoms with E-state index in [4.69, 9.17) is 4.74 Å². The molecule has 0 spiro atoms. The van der Waals surface area contributed by atoms with Crippen molar-refractivity contribution in [2.45, 2.75) is 52.2 Å². The molecular weight excluding hydrogens is 296 g/mol. The molecule has 128 valence electrons. The van der Waals surface area contributed by atoms with Crippen LogP contribution in [0.3, 0.4) is 0 Å². The SMILES string of the molecule is C[C@@H](C1CC1)n1nccc1NC(=O)CN(C)C(=O)OC(C)(C)C. The molecule has 23 heavy (non-hydrogen) atoms. The molecule has 1 N–H and O–H groups in total.